The molecule has 7 heteroatoms. The van der Waals surface area contributed by atoms with Gasteiger partial charge >= 0.3 is 0 Å². The molecule has 1 aliphatic rings. The lowest BCUT2D eigenvalue weighted by molar-refractivity contribution is 0.0532. The summed E-state index contributed by atoms with van der Waals surface area (Å²) in [6.45, 7) is 15.9. The van der Waals surface area contributed by atoms with Crippen molar-refractivity contribution in [1.82, 2.24) is 15.5 Å². The molecular weight excluding hydrogens is 491 g/mol. The van der Waals surface area contributed by atoms with Crippen molar-refractivity contribution in [2.24, 2.45) is 4.99 Å². The zero-order valence-electron chi connectivity index (χ0n) is 19.3. The van der Waals surface area contributed by atoms with Crippen LogP contribution in [0, 0.1) is 6.92 Å². The van der Waals surface area contributed by atoms with Gasteiger partial charge in [0.05, 0.1) is 19.3 Å². The van der Waals surface area contributed by atoms with Crippen molar-refractivity contribution in [3.63, 3.8) is 0 Å². The molecule has 1 unspecified atom stereocenters. The van der Waals surface area contributed by atoms with Crippen LogP contribution in [0.25, 0.3) is 0 Å². The highest BCUT2D eigenvalue weighted by Gasteiger charge is 2.20. The summed E-state index contributed by atoms with van der Waals surface area (Å²) in [6.07, 6.45) is 2.59. The third-order valence-corrected chi connectivity index (χ3v) is 4.96. The van der Waals surface area contributed by atoms with Crippen LogP contribution in [-0.2, 0) is 4.74 Å². The average Bonchev–Trinajstić information content (AvgIpc) is 2.67. The van der Waals surface area contributed by atoms with Crippen LogP contribution in [0.5, 0.6) is 5.75 Å². The van der Waals surface area contributed by atoms with E-state index < -0.39 is 0 Å². The fourth-order valence-corrected chi connectivity index (χ4v) is 3.41. The van der Waals surface area contributed by atoms with E-state index in [1.165, 1.54) is 5.56 Å². The van der Waals surface area contributed by atoms with Crippen molar-refractivity contribution in [2.45, 2.75) is 65.7 Å². The highest BCUT2D eigenvalue weighted by molar-refractivity contribution is 14.0. The monoisotopic (exact) mass is 532 g/mol. The first kappa shape index (κ1) is 27.0. The molecule has 1 heterocycles. The predicted molar refractivity (Wildman–Crippen MR) is 136 cm³/mol. The number of aliphatic imine (C=N–C) groups is 1. The van der Waals surface area contributed by atoms with E-state index in [-0.39, 0.29) is 30.1 Å². The summed E-state index contributed by atoms with van der Waals surface area (Å²) < 4.78 is 11.7. The Hall–Kier alpha value is -1.06. The van der Waals surface area contributed by atoms with Gasteiger partial charge in [-0.3, -0.25) is 0 Å². The van der Waals surface area contributed by atoms with Crippen LogP contribution in [0.4, 0.5) is 0 Å². The molecule has 0 radical (unpaired) electrons. The van der Waals surface area contributed by atoms with Gasteiger partial charge in [-0.1, -0.05) is 12.1 Å². The van der Waals surface area contributed by atoms with Gasteiger partial charge in [0.25, 0.3) is 0 Å². The number of halogens is 1. The molecule has 6 nitrogen and oxygen atoms in total. The number of nitrogens with zero attached hydrogens (tertiary/aromatic N) is 2. The smallest absolute Gasteiger partial charge is 0.191 e. The minimum absolute atomic E-state index is 0. The lowest BCUT2D eigenvalue weighted by atomic mass is 10.1. The van der Waals surface area contributed by atoms with E-state index in [0.29, 0.717) is 18.7 Å². The molecule has 0 aromatic heterocycles. The Morgan fingerprint density at radius 3 is 2.60 bits per heavy atom. The largest absolute Gasteiger partial charge is 0.489 e. The lowest BCUT2D eigenvalue weighted by Crippen LogP contribution is -2.49. The zero-order valence-corrected chi connectivity index (χ0v) is 21.6. The van der Waals surface area contributed by atoms with Gasteiger partial charge in [-0.15, -0.1) is 24.0 Å². The van der Waals surface area contributed by atoms with Gasteiger partial charge in [0.2, 0.25) is 0 Å². The number of nitrogens with one attached hydrogen (secondary N) is 2. The number of benzene rings is 1. The minimum atomic E-state index is 0. The van der Waals surface area contributed by atoms with Crippen LogP contribution >= 0.6 is 24.0 Å². The molecule has 0 saturated carbocycles. The summed E-state index contributed by atoms with van der Waals surface area (Å²) in [6, 6.07) is 8.61. The number of ether oxygens (including phenoxy) is 2. The van der Waals surface area contributed by atoms with E-state index in [0.717, 1.165) is 57.3 Å². The Labute approximate surface area is 200 Å². The lowest BCUT2D eigenvalue weighted by Gasteiger charge is -2.33. The molecule has 2 rings (SSSR count). The normalized spacial score (nSPS) is 16.8. The van der Waals surface area contributed by atoms with Crippen LogP contribution in [-0.4, -0.2) is 68.4 Å². The summed E-state index contributed by atoms with van der Waals surface area (Å²) in [5.74, 6) is 1.79. The van der Waals surface area contributed by atoms with Crippen LogP contribution < -0.4 is 15.4 Å². The van der Waals surface area contributed by atoms with Crippen molar-refractivity contribution in [2.75, 3.05) is 39.3 Å². The van der Waals surface area contributed by atoms with Gasteiger partial charge in [0.1, 0.15) is 11.9 Å². The molecule has 0 bridgehead atoms. The van der Waals surface area contributed by atoms with Crippen LogP contribution in [0.15, 0.2) is 29.3 Å². The van der Waals surface area contributed by atoms with Gasteiger partial charge < -0.3 is 25.0 Å². The molecular formula is C23H41IN4O2. The maximum absolute atomic E-state index is 6.00. The van der Waals surface area contributed by atoms with Gasteiger partial charge in [-0.05, 0) is 65.2 Å². The molecule has 1 aliphatic heterocycles. The van der Waals surface area contributed by atoms with Crippen molar-refractivity contribution in [3.05, 3.63) is 29.8 Å². The highest BCUT2D eigenvalue weighted by atomic mass is 127. The van der Waals surface area contributed by atoms with Gasteiger partial charge in [0, 0.05) is 32.2 Å². The standard InChI is InChI=1S/C23H40N4O2.HI/c1-6-24-23(25-17-20(5)29-22-9-7-8-19(4)16-22)26-21-10-12-27(13-11-21)14-15-28-18(2)3;/h7-9,16,18,20-21H,6,10-15,17H2,1-5H3,(H2,24,25,26);1H. The van der Waals surface area contributed by atoms with Crippen molar-refractivity contribution in [3.8, 4) is 5.75 Å². The zero-order chi connectivity index (χ0) is 21.1. The van der Waals surface area contributed by atoms with Crippen molar-refractivity contribution < 1.29 is 9.47 Å². The van der Waals surface area contributed by atoms with Gasteiger partial charge in [-0.25, -0.2) is 4.99 Å². The number of aryl methyl sites for hydroxylation is 1. The summed E-state index contributed by atoms with van der Waals surface area (Å²) in [7, 11) is 0. The summed E-state index contributed by atoms with van der Waals surface area (Å²) in [4.78, 5) is 7.24. The molecule has 0 aliphatic carbocycles. The Morgan fingerprint density at radius 1 is 1.23 bits per heavy atom. The maximum atomic E-state index is 6.00. The second kappa shape index (κ2) is 14.9. The SMILES string of the molecule is CCNC(=NCC(C)Oc1cccc(C)c1)NC1CCN(CCOC(C)C)CC1.I. The third-order valence-electron chi connectivity index (χ3n) is 4.96. The Morgan fingerprint density at radius 2 is 1.97 bits per heavy atom. The van der Waals surface area contributed by atoms with Gasteiger partial charge in [0.15, 0.2) is 5.96 Å². The molecule has 0 amide bonds. The second-order valence-electron chi connectivity index (χ2n) is 8.14. The summed E-state index contributed by atoms with van der Waals surface area (Å²) >= 11 is 0. The van der Waals surface area contributed by atoms with Crippen LogP contribution in [0.1, 0.15) is 46.1 Å². The molecule has 30 heavy (non-hydrogen) atoms. The van der Waals surface area contributed by atoms with Gasteiger partial charge in [-0.2, -0.15) is 0 Å². The van der Waals surface area contributed by atoms with E-state index in [4.69, 9.17) is 14.5 Å². The third kappa shape index (κ3) is 10.8. The Balaban J connectivity index is 0.00000450. The molecule has 1 saturated heterocycles. The average molecular weight is 533 g/mol. The van der Waals surface area contributed by atoms with Crippen LogP contribution in [0.2, 0.25) is 0 Å². The quantitative estimate of drug-likeness (QED) is 0.273. The molecule has 1 aromatic rings. The number of hydrogen-bond donors (Lipinski definition) is 2. The molecule has 1 aromatic carbocycles. The van der Waals surface area contributed by atoms with Crippen molar-refractivity contribution in [1.29, 1.82) is 0 Å². The Bertz CT molecular complexity index is 619. The van der Waals surface area contributed by atoms with Crippen molar-refractivity contribution >= 4 is 29.9 Å². The number of likely N-dealkylation sites (tertiary alicyclic amines) is 1. The first-order valence-electron chi connectivity index (χ1n) is 11.1. The number of piperidine rings is 1. The summed E-state index contributed by atoms with van der Waals surface area (Å²) in [5, 5.41) is 6.97. The second-order valence-corrected chi connectivity index (χ2v) is 8.14. The topological polar surface area (TPSA) is 58.1 Å². The van der Waals surface area contributed by atoms with E-state index in [9.17, 15) is 0 Å². The van der Waals surface area contributed by atoms with E-state index in [1.807, 2.05) is 12.1 Å². The highest BCUT2D eigenvalue weighted by Crippen LogP contribution is 2.14. The number of hydrogen-bond acceptors (Lipinski definition) is 4. The molecule has 1 fully saturated rings. The van der Waals surface area contributed by atoms with E-state index in [2.05, 4.69) is 62.3 Å². The molecule has 2 N–H and O–H groups in total. The number of guanidine groups is 1. The molecule has 1 atom stereocenters. The van der Waals surface area contributed by atoms with E-state index >= 15 is 0 Å². The first-order chi connectivity index (χ1) is 14.0. The number of rotatable bonds is 10. The molecule has 172 valence electrons. The summed E-state index contributed by atoms with van der Waals surface area (Å²) in [5.41, 5.74) is 1.20. The predicted octanol–water partition coefficient (Wildman–Crippen LogP) is 3.82. The Kier molecular flexibility index (Phi) is 13.4. The first-order valence-corrected chi connectivity index (χ1v) is 11.1. The maximum Gasteiger partial charge on any atom is 0.191 e. The fourth-order valence-electron chi connectivity index (χ4n) is 3.41. The minimum Gasteiger partial charge on any atom is -0.489 e. The molecule has 0 spiro atoms. The van der Waals surface area contributed by atoms with Crippen LogP contribution in [0.3, 0.4) is 0 Å². The van der Waals surface area contributed by atoms with E-state index in [1.54, 1.807) is 0 Å². The fraction of sp³-hybridized carbons (Fsp3) is 0.696.